The predicted octanol–water partition coefficient (Wildman–Crippen LogP) is 5.69. The molecule has 188 valence electrons. The van der Waals surface area contributed by atoms with Crippen molar-refractivity contribution in [1.29, 1.82) is 0 Å². The van der Waals surface area contributed by atoms with E-state index in [1.807, 2.05) is 0 Å². The Hall–Kier alpha value is -3.79. The summed E-state index contributed by atoms with van der Waals surface area (Å²) >= 11 is 12.7. The zero-order valence-electron chi connectivity index (χ0n) is 19.1. The maximum atomic E-state index is 12.9. The first-order chi connectivity index (χ1) is 17.8. The largest absolute Gasteiger partial charge is 0.483 e. The van der Waals surface area contributed by atoms with Crippen molar-refractivity contribution in [2.24, 2.45) is 0 Å². The lowest BCUT2D eigenvalue weighted by atomic mass is 10.2. The second kappa shape index (κ2) is 12.0. The highest BCUT2D eigenvalue weighted by Crippen LogP contribution is 2.34. The van der Waals surface area contributed by atoms with Crippen molar-refractivity contribution in [2.45, 2.75) is 0 Å². The Morgan fingerprint density at radius 1 is 0.865 bits per heavy atom. The number of halogens is 2. The molecule has 0 aromatic heterocycles. The van der Waals surface area contributed by atoms with Gasteiger partial charge in [0.15, 0.2) is 6.61 Å². The van der Waals surface area contributed by atoms with Crippen LogP contribution in [-0.4, -0.2) is 41.0 Å². The molecule has 1 heterocycles. The molecule has 0 aliphatic carbocycles. The van der Waals surface area contributed by atoms with Gasteiger partial charge < -0.3 is 15.4 Å². The van der Waals surface area contributed by atoms with Crippen molar-refractivity contribution in [3.8, 4) is 5.75 Å². The van der Waals surface area contributed by atoms with E-state index in [2.05, 4.69) is 10.6 Å². The number of nitrogens with zero attached hydrogens (tertiary/aromatic N) is 1. The number of carbonyl (C=O) groups excluding carboxylic acids is 4. The number of benzene rings is 3. The number of imide groups is 1. The first-order valence-corrected chi connectivity index (χ1v) is 12.4. The molecule has 3 aromatic carbocycles. The highest BCUT2D eigenvalue weighted by atomic mass is 35.5. The first-order valence-electron chi connectivity index (χ1n) is 10.9. The molecule has 8 nitrogen and oxygen atoms in total. The minimum absolute atomic E-state index is 0.0928. The monoisotopic (exact) mass is 555 g/mol. The lowest BCUT2D eigenvalue weighted by Crippen LogP contribution is -2.36. The normalized spacial score (nSPS) is 14.1. The van der Waals surface area contributed by atoms with Crippen molar-refractivity contribution in [2.75, 3.05) is 23.8 Å². The number of ether oxygens (including phenoxy) is 1. The van der Waals surface area contributed by atoms with Crippen LogP contribution in [0.5, 0.6) is 5.75 Å². The fourth-order valence-electron chi connectivity index (χ4n) is 3.28. The fraction of sp³-hybridized carbons (Fsp3) is 0.0769. The Morgan fingerprint density at radius 3 is 2.24 bits per heavy atom. The van der Waals surface area contributed by atoms with Crippen LogP contribution in [-0.2, 0) is 14.4 Å². The molecule has 1 aliphatic rings. The summed E-state index contributed by atoms with van der Waals surface area (Å²) in [5.74, 6) is -1.25. The van der Waals surface area contributed by atoms with E-state index in [9.17, 15) is 19.2 Å². The lowest BCUT2D eigenvalue weighted by molar-refractivity contribution is -0.127. The molecule has 0 bridgehead atoms. The van der Waals surface area contributed by atoms with E-state index < -0.39 is 29.5 Å². The third-order valence-electron chi connectivity index (χ3n) is 4.98. The molecule has 1 aliphatic heterocycles. The molecule has 0 spiro atoms. The van der Waals surface area contributed by atoms with Crippen LogP contribution in [0.3, 0.4) is 0 Å². The quantitative estimate of drug-likeness (QED) is 0.346. The van der Waals surface area contributed by atoms with Gasteiger partial charge in [0.05, 0.1) is 4.91 Å². The van der Waals surface area contributed by atoms with Crippen LogP contribution in [0.1, 0.15) is 5.56 Å². The summed E-state index contributed by atoms with van der Waals surface area (Å²) < 4.78 is 5.66. The van der Waals surface area contributed by atoms with Gasteiger partial charge in [0.25, 0.3) is 17.1 Å². The Balaban J connectivity index is 1.43. The predicted molar refractivity (Wildman–Crippen MR) is 145 cm³/mol. The van der Waals surface area contributed by atoms with E-state index in [0.717, 1.165) is 4.90 Å². The van der Waals surface area contributed by atoms with Crippen LogP contribution in [0.25, 0.3) is 6.08 Å². The van der Waals surface area contributed by atoms with E-state index in [1.54, 1.807) is 72.8 Å². The number of anilines is 2. The summed E-state index contributed by atoms with van der Waals surface area (Å²) in [5.41, 5.74) is 1.50. The first kappa shape index (κ1) is 26.3. The van der Waals surface area contributed by atoms with E-state index in [0.29, 0.717) is 38.7 Å². The zero-order valence-corrected chi connectivity index (χ0v) is 21.4. The van der Waals surface area contributed by atoms with Crippen LogP contribution < -0.4 is 15.4 Å². The van der Waals surface area contributed by atoms with Gasteiger partial charge >= 0.3 is 0 Å². The second-order valence-electron chi connectivity index (χ2n) is 7.71. The van der Waals surface area contributed by atoms with Gasteiger partial charge in [-0.15, -0.1) is 0 Å². The molecule has 0 saturated carbocycles. The molecule has 1 saturated heterocycles. The third-order valence-corrected chi connectivity index (χ3v) is 6.37. The maximum Gasteiger partial charge on any atom is 0.294 e. The number of hydrogen-bond donors (Lipinski definition) is 2. The summed E-state index contributed by atoms with van der Waals surface area (Å²) in [6.45, 7) is -0.743. The molecule has 0 atom stereocenters. The minimum Gasteiger partial charge on any atom is -0.483 e. The molecule has 11 heteroatoms. The van der Waals surface area contributed by atoms with Crippen LogP contribution in [0.15, 0.2) is 77.7 Å². The Labute approximate surface area is 226 Å². The highest BCUT2D eigenvalue weighted by molar-refractivity contribution is 8.18. The summed E-state index contributed by atoms with van der Waals surface area (Å²) in [6.07, 6.45) is 1.44. The number of amides is 4. The van der Waals surface area contributed by atoms with Gasteiger partial charge in [-0.1, -0.05) is 41.4 Å². The van der Waals surface area contributed by atoms with Crippen molar-refractivity contribution in [1.82, 2.24) is 4.90 Å². The van der Waals surface area contributed by atoms with Gasteiger partial charge in [0.1, 0.15) is 12.3 Å². The molecule has 4 rings (SSSR count). The Kier molecular flexibility index (Phi) is 8.50. The number of carbonyl (C=O) groups is 4. The van der Waals surface area contributed by atoms with Gasteiger partial charge in [-0.2, -0.15) is 0 Å². The third kappa shape index (κ3) is 7.13. The van der Waals surface area contributed by atoms with Crippen LogP contribution >= 0.6 is 35.0 Å². The molecule has 2 N–H and O–H groups in total. The Morgan fingerprint density at radius 2 is 1.51 bits per heavy atom. The average Bonchev–Trinajstić information content (AvgIpc) is 3.13. The molecule has 0 radical (unpaired) electrons. The number of para-hydroxylation sites is 1. The average molecular weight is 556 g/mol. The van der Waals surface area contributed by atoms with Crippen molar-refractivity contribution in [3.63, 3.8) is 0 Å². The number of nitrogens with one attached hydrogen (secondary N) is 2. The molecule has 4 amide bonds. The van der Waals surface area contributed by atoms with Gasteiger partial charge in [0.2, 0.25) is 5.91 Å². The lowest BCUT2D eigenvalue weighted by Gasteiger charge is -2.12. The van der Waals surface area contributed by atoms with Gasteiger partial charge in [-0.25, -0.2) is 0 Å². The summed E-state index contributed by atoms with van der Waals surface area (Å²) in [7, 11) is 0. The molecule has 37 heavy (non-hydrogen) atoms. The summed E-state index contributed by atoms with van der Waals surface area (Å²) in [4.78, 5) is 51.0. The molecular weight excluding hydrogens is 537 g/mol. The molecule has 3 aromatic rings. The number of rotatable bonds is 8. The number of hydrogen-bond acceptors (Lipinski definition) is 6. The second-order valence-corrected chi connectivity index (χ2v) is 9.57. The van der Waals surface area contributed by atoms with E-state index in [1.165, 1.54) is 6.08 Å². The fourth-order valence-corrected chi connectivity index (χ4v) is 4.42. The van der Waals surface area contributed by atoms with Crippen LogP contribution in [0.2, 0.25) is 10.0 Å². The smallest absolute Gasteiger partial charge is 0.294 e. The highest BCUT2D eigenvalue weighted by Gasteiger charge is 2.36. The van der Waals surface area contributed by atoms with E-state index in [-0.39, 0.29) is 17.3 Å². The van der Waals surface area contributed by atoms with Crippen molar-refractivity contribution in [3.05, 3.63) is 93.3 Å². The van der Waals surface area contributed by atoms with Crippen LogP contribution in [0, 0.1) is 0 Å². The molecule has 0 unspecified atom stereocenters. The van der Waals surface area contributed by atoms with Crippen LogP contribution in [0.4, 0.5) is 16.2 Å². The summed E-state index contributed by atoms with van der Waals surface area (Å²) in [5, 5.41) is 5.66. The van der Waals surface area contributed by atoms with E-state index >= 15 is 0 Å². The van der Waals surface area contributed by atoms with Gasteiger partial charge in [-0.3, -0.25) is 24.1 Å². The maximum absolute atomic E-state index is 12.9. The van der Waals surface area contributed by atoms with E-state index in [4.69, 9.17) is 27.9 Å². The summed E-state index contributed by atoms with van der Waals surface area (Å²) in [6, 6.07) is 20.0. The number of thioether (sulfide) groups is 1. The Bertz CT molecular complexity index is 1380. The standard InChI is InChI=1S/C26H19Cl2N3O5S/c27-17-6-9-20(10-7-17)30-24(33)15-36-21-11-8-18(28)12-16(21)13-22-25(34)31(26(35)37-22)14-23(32)29-19-4-2-1-3-5-19/h1-13H,14-15H2,(H,29,32)(H,30,33)/b22-13-. The SMILES string of the molecule is O=C(COc1ccc(Cl)cc1/C=C1\SC(=O)N(CC(=O)Nc2ccccc2)C1=O)Nc1ccc(Cl)cc1. The zero-order chi connectivity index (χ0) is 26.4. The van der Waals surface area contributed by atoms with Gasteiger partial charge in [-0.05, 0) is 72.4 Å². The van der Waals surface area contributed by atoms with Gasteiger partial charge in [0, 0.05) is 27.0 Å². The molecule has 1 fully saturated rings. The van der Waals surface area contributed by atoms with Crippen molar-refractivity contribution < 1.29 is 23.9 Å². The molecular formula is C26H19Cl2N3O5S. The minimum atomic E-state index is -0.621. The van der Waals surface area contributed by atoms with Crippen molar-refractivity contribution >= 4 is 75.4 Å². The topological polar surface area (TPSA) is 105 Å².